The molecule has 5 aromatic rings. The van der Waals surface area contributed by atoms with Crippen molar-refractivity contribution in [2.75, 3.05) is 11.1 Å². The predicted octanol–water partition coefficient (Wildman–Crippen LogP) is 5.22. The van der Waals surface area contributed by atoms with Crippen molar-refractivity contribution in [2.45, 2.75) is 32.4 Å². The van der Waals surface area contributed by atoms with E-state index < -0.39 is 5.60 Å². The van der Waals surface area contributed by atoms with Crippen molar-refractivity contribution in [3.8, 4) is 21.7 Å². The maximum Gasteiger partial charge on any atom is 0.275 e. The molecule has 1 amide bonds. The number of carbonyl (C=O) groups is 1. The van der Waals surface area contributed by atoms with Gasteiger partial charge in [0.15, 0.2) is 0 Å². The molecular weight excluding hydrogens is 472 g/mol. The first-order chi connectivity index (χ1) is 17.2. The van der Waals surface area contributed by atoms with Gasteiger partial charge in [-0.1, -0.05) is 12.1 Å². The van der Waals surface area contributed by atoms with E-state index in [0.29, 0.717) is 30.0 Å². The number of rotatable bonds is 7. The lowest BCUT2D eigenvalue weighted by atomic mass is 10.0. The highest BCUT2D eigenvalue weighted by Gasteiger charge is 2.18. The lowest BCUT2D eigenvalue weighted by molar-refractivity contribution is 0.0651. The van der Waals surface area contributed by atoms with Crippen LogP contribution in [0.25, 0.3) is 32.6 Å². The fourth-order valence-corrected chi connectivity index (χ4v) is 4.65. The van der Waals surface area contributed by atoms with Crippen LogP contribution in [0.4, 0.5) is 11.4 Å². The van der Waals surface area contributed by atoms with Crippen molar-refractivity contribution in [1.82, 2.24) is 19.7 Å². The molecule has 0 aliphatic rings. The van der Waals surface area contributed by atoms with Gasteiger partial charge in [0, 0.05) is 58.4 Å². The van der Waals surface area contributed by atoms with Gasteiger partial charge >= 0.3 is 0 Å². The minimum Gasteiger partial charge on any atom is -0.399 e. The second kappa shape index (κ2) is 9.52. The summed E-state index contributed by atoms with van der Waals surface area (Å²) >= 11 is 1.40. The van der Waals surface area contributed by atoms with Gasteiger partial charge in [0.05, 0.1) is 11.1 Å². The number of fused-ring (bicyclic) bond motifs is 1. The van der Waals surface area contributed by atoms with E-state index in [2.05, 4.69) is 20.4 Å². The van der Waals surface area contributed by atoms with Crippen LogP contribution >= 0.6 is 11.3 Å². The van der Waals surface area contributed by atoms with Crippen molar-refractivity contribution in [3.63, 3.8) is 0 Å². The summed E-state index contributed by atoms with van der Waals surface area (Å²) in [5.41, 5.74) is 10.2. The van der Waals surface area contributed by atoms with E-state index in [1.807, 2.05) is 59.4 Å². The van der Waals surface area contributed by atoms with Crippen molar-refractivity contribution in [2.24, 2.45) is 0 Å². The summed E-state index contributed by atoms with van der Waals surface area (Å²) in [5.74, 6) is -0.305. The Kier molecular flexibility index (Phi) is 6.26. The van der Waals surface area contributed by atoms with Crippen LogP contribution in [0.15, 0.2) is 72.5 Å². The van der Waals surface area contributed by atoms with E-state index in [1.165, 1.54) is 11.3 Å². The highest BCUT2D eigenvalue weighted by molar-refractivity contribution is 7.13. The van der Waals surface area contributed by atoms with Gasteiger partial charge in [0.1, 0.15) is 10.7 Å². The maximum atomic E-state index is 13.2. The van der Waals surface area contributed by atoms with Crippen LogP contribution in [0.2, 0.25) is 0 Å². The molecule has 3 heterocycles. The van der Waals surface area contributed by atoms with Crippen molar-refractivity contribution in [1.29, 1.82) is 0 Å². The first kappa shape index (κ1) is 23.7. The van der Waals surface area contributed by atoms with E-state index in [0.717, 1.165) is 32.6 Å². The number of hydrogen-bond acceptors (Lipinski definition) is 7. The summed E-state index contributed by atoms with van der Waals surface area (Å²) in [5, 5.41) is 21.2. The Labute approximate surface area is 212 Å². The minimum atomic E-state index is -0.786. The third-order valence-electron chi connectivity index (χ3n) is 5.73. The van der Waals surface area contributed by atoms with Crippen LogP contribution in [-0.2, 0) is 6.54 Å². The standard InChI is InChI=1S/C27H26N6O2S/c1-27(2,35)8-10-33-15-19-12-23(21(13-22(19)32-33)17-5-3-7-20(28)11-17)30-25(34)24-16-36-26(31-24)18-6-4-9-29-14-18/h3-7,9,11-16,35H,8,10,28H2,1-2H3,(H,30,34). The Morgan fingerprint density at radius 1 is 1.17 bits per heavy atom. The monoisotopic (exact) mass is 498 g/mol. The number of anilines is 2. The molecule has 0 unspecified atom stereocenters. The molecule has 0 aliphatic heterocycles. The Morgan fingerprint density at radius 3 is 2.75 bits per heavy atom. The highest BCUT2D eigenvalue weighted by Crippen LogP contribution is 2.34. The van der Waals surface area contributed by atoms with Gasteiger partial charge in [-0.3, -0.25) is 14.5 Å². The molecule has 2 aromatic carbocycles. The molecule has 0 saturated carbocycles. The molecule has 0 saturated heterocycles. The van der Waals surface area contributed by atoms with Gasteiger partial charge in [-0.2, -0.15) is 5.10 Å². The van der Waals surface area contributed by atoms with E-state index in [9.17, 15) is 9.90 Å². The normalized spacial score (nSPS) is 11.6. The fourth-order valence-electron chi connectivity index (χ4n) is 3.86. The lowest BCUT2D eigenvalue weighted by Crippen LogP contribution is -2.21. The first-order valence-electron chi connectivity index (χ1n) is 11.5. The SMILES string of the molecule is CC(C)(O)CCn1cc2cc(NC(=O)c3csc(-c4cccnc4)n3)c(-c3cccc(N)c3)cc2n1. The molecule has 0 aliphatic carbocycles. The van der Waals surface area contributed by atoms with E-state index in [1.54, 1.807) is 31.6 Å². The van der Waals surface area contributed by atoms with E-state index in [-0.39, 0.29) is 5.91 Å². The summed E-state index contributed by atoms with van der Waals surface area (Å²) in [7, 11) is 0. The molecule has 0 atom stereocenters. The molecule has 0 radical (unpaired) electrons. The Bertz CT molecular complexity index is 1540. The quantitative estimate of drug-likeness (QED) is 0.265. The number of aryl methyl sites for hydroxylation is 1. The molecule has 36 heavy (non-hydrogen) atoms. The van der Waals surface area contributed by atoms with Gasteiger partial charge in [0.2, 0.25) is 0 Å². The van der Waals surface area contributed by atoms with Crippen LogP contribution < -0.4 is 11.1 Å². The average molecular weight is 499 g/mol. The number of amides is 1. The average Bonchev–Trinajstić information content (AvgIpc) is 3.49. The number of hydrogen-bond donors (Lipinski definition) is 3. The molecule has 182 valence electrons. The molecular formula is C27H26N6O2S. The summed E-state index contributed by atoms with van der Waals surface area (Å²) < 4.78 is 1.82. The lowest BCUT2D eigenvalue weighted by Gasteiger charge is -2.16. The highest BCUT2D eigenvalue weighted by atomic mass is 32.1. The van der Waals surface area contributed by atoms with Crippen LogP contribution in [-0.4, -0.2) is 36.4 Å². The number of aliphatic hydroxyl groups is 1. The summed E-state index contributed by atoms with van der Waals surface area (Å²) in [6, 6.07) is 15.1. The number of nitrogens with two attached hydrogens (primary N) is 1. The Morgan fingerprint density at radius 2 is 2.00 bits per heavy atom. The van der Waals surface area contributed by atoms with Gasteiger partial charge < -0.3 is 16.2 Å². The van der Waals surface area contributed by atoms with E-state index in [4.69, 9.17) is 5.73 Å². The molecule has 5 rings (SSSR count). The maximum absolute atomic E-state index is 13.2. The third kappa shape index (κ3) is 5.27. The molecule has 8 nitrogen and oxygen atoms in total. The molecule has 0 spiro atoms. The van der Waals surface area contributed by atoms with Crippen LogP contribution in [0.3, 0.4) is 0 Å². The fraction of sp³-hybridized carbons (Fsp3) is 0.185. The Hall–Kier alpha value is -4.08. The van der Waals surface area contributed by atoms with Crippen molar-refractivity contribution >= 4 is 39.5 Å². The predicted molar refractivity (Wildman–Crippen MR) is 144 cm³/mol. The smallest absolute Gasteiger partial charge is 0.275 e. The third-order valence-corrected chi connectivity index (χ3v) is 6.63. The number of pyridine rings is 1. The van der Waals surface area contributed by atoms with Crippen LogP contribution in [0, 0.1) is 0 Å². The van der Waals surface area contributed by atoms with Crippen LogP contribution in [0.5, 0.6) is 0 Å². The topological polar surface area (TPSA) is 119 Å². The number of nitrogens with one attached hydrogen (secondary N) is 1. The minimum absolute atomic E-state index is 0.305. The second-order valence-corrected chi connectivity index (χ2v) is 10.1. The van der Waals surface area contributed by atoms with E-state index >= 15 is 0 Å². The number of nitrogen functional groups attached to an aromatic ring is 1. The number of benzene rings is 2. The van der Waals surface area contributed by atoms with Gasteiger partial charge in [-0.05, 0) is 62.2 Å². The number of carbonyl (C=O) groups excluding carboxylic acids is 1. The zero-order valence-corrected chi connectivity index (χ0v) is 20.8. The number of aromatic nitrogens is 4. The summed E-state index contributed by atoms with van der Waals surface area (Å²) in [6.45, 7) is 4.13. The zero-order chi connectivity index (χ0) is 25.3. The molecule has 4 N–H and O–H groups in total. The number of nitrogens with zero attached hydrogens (tertiary/aromatic N) is 4. The number of thiazole rings is 1. The van der Waals surface area contributed by atoms with Gasteiger partial charge in [0.25, 0.3) is 5.91 Å². The zero-order valence-electron chi connectivity index (χ0n) is 20.0. The van der Waals surface area contributed by atoms with Crippen LogP contribution in [0.1, 0.15) is 30.8 Å². The summed E-state index contributed by atoms with van der Waals surface area (Å²) in [4.78, 5) is 21.8. The first-order valence-corrected chi connectivity index (χ1v) is 12.4. The molecule has 9 heteroatoms. The van der Waals surface area contributed by atoms with Gasteiger partial charge in [-0.25, -0.2) is 4.98 Å². The van der Waals surface area contributed by atoms with Crippen molar-refractivity contribution in [3.05, 3.63) is 78.2 Å². The molecule has 0 fully saturated rings. The summed E-state index contributed by atoms with van der Waals surface area (Å²) in [6.07, 6.45) is 5.91. The largest absolute Gasteiger partial charge is 0.399 e. The second-order valence-electron chi connectivity index (χ2n) is 9.27. The molecule has 0 bridgehead atoms. The van der Waals surface area contributed by atoms with Gasteiger partial charge in [-0.15, -0.1) is 11.3 Å². The Balaban J connectivity index is 1.50. The molecule has 3 aromatic heterocycles. The van der Waals surface area contributed by atoms with Crippen molar-refractivity contribution < 1.29 is 9.90 Å².